The van der Waals surface area contributed by atoms with Crippen LogP contribution in [0.3, 0.4) is 0 Å². The van der Waals surface area contributed by atoms with E-state index in [1.165, 1.54) is 5.56 Å². The molecule has 2 aromatic carbocycles. The second-order valence-corrected chi connectivity index (χ2v) is 11.6. The third kappa shape index (κ3) is 5.68. The molecule has 1 spiro atoms. The topological polar surface area (TPSA) is 61.7 Å². The zero-order valence-electron chi connectivity index (χ0n) is 23.3. The first kappa shape index (κ1) is 28.4. The standard InChI is InChI=1S/C32H39N5O2.ClH/c1-2-30(38)36-23-27(29(24-36)26-7-4-3-5-8-26)22-34-18-13-32(14-19-34)15-20-35(31(32)39)21-25-9-11-28(12-10-25)37-17-6-16-33-37;/h3-12,16-17,27,29H,2,13-15,18-24H2,1H3;1H/t27-,29?;/m0./s1. The van der Waals surface area contributed by atoms with Crippen LogP contribution in [0.4, 0.5) is 0 Å². The summed E-state index contributed by atoms with van der Waals surface area (Å²) < 4.78 is 1.85. The van der Waals surface area contributed by atoms with Gasteiger partial charge in [-0.1, -0.05) is 49.4 Å². The first-order chi connectivity index (χ1) is 19.0. The molecule has 6 rings (SSSR count). The maximum absolute atomic E-state index is 13.6. The summed E-state index contributed by atoms with van der Waals surface area (Å²) >= 11 is 0. The molecule has 3 aromatic rings. The quantitative estimate of drug-likeness (QED) is 0.417. The van der Waals surface area contributed by atoms with E-state index in [0.29, 0.717) is 30.7 Å². The third-order valence-corrected chi connectivity index (χ3v) is 9.31. The van der Waals surface area contributed by atoms with Gasteiger partial charge >= 0.3 is 0 Å². The molecule has 7 nitrogen and oxygen atoms in total. The van der Waals surface area contributed by atoms with E-state index >= 15 is 0 Å². The molecule has 40 heavy (non-hydrogen) atoms. The lowest BCUT2D eigenvalue weighted by molar-refractivity contribution is -0.139. The second-order valence-electron chi connectivity index (χ2n) is 11.6. The van der Waals surface area contributed by atoms with Crippen LogP contribution < -0.4 is 0 Å². The molecule has 3 saturated heterocycles. The lowest BCUT2D eigenvalue weighted by Gasteiger charge is -2.39. The summed E-state index contributed by atoms with van der Waals surface area (Å²) in [6, 6.07) is 20.9. The van der Waals surface area contributed by atoms with Gasteiger partial charge in [-0.05, 0) is 67.6 Å². The van der Waals surface area contributed by atoms with Crippen LogP contribution in [0.5, 0.6) is 0 Å². The van der Waals surface area contributed by atoms with Gasteiger partial charge in [0.05, 0.1) is 11.1 Å². The number of rotatable bonds is 7. The minimum Gasteiger partial charge on any atom is -0.342 e. The summed E-state index contributed by atoms with van der Waals surface area (Å²) in [7, 11) is 0. The molecular weight excluding hydrogens is 522 g/mol. The van der Waals surface area contributed by atoms with E-state index < -0.39 is 0 Å². The minimum atomic E-state index is -0.204. The Labute approximate surface area is 243 Å². The summed E-state index contributed by atoms with van der Waals surface area (Å²) in [5.74, 6) is 1.39. The number of carbonyl (C=O) groups excluding carboxylic acids is 2. The summed E-state index contributed by atoms with van der Waals surface area (Å²) in [4.78, 5) is 32.8. The van der Waals surface area contributed by atoms with Gasteiger partial charge in [0, 0.05) is 57.5 Å². The highest BCUT2D eigenvalue weighted by atomic mass is 35.5. The lowest BCUT2D eigenvalue weighted by Crippen LogP contribution is -2.46. The Morgan fingerprint density at radius 1 is 0.950 bits per heavy atom. The van der Waals surface area contributed by atoms with Gasteiger partial charge in [0.2, 0.25) is 11.8 Å². The SMILES string of the molecule is CCC(=O)N1CC(c2ccccc2)[C@@H](CN2CCC3(CC2)CCN(Cc2ccc(-n4cccn4)cc2)C3=O)C1.Cl. The van der Waals surface area contributed by atoms with Crippen molar-refractivity contribution in [1.29, 1.82) is 0 Å². The van der Waals surface area contributed by atoms with E-state index in [-0.39, 0.29) is 23.7 Å². The maximum Gasteiger partial charge on any atom is 0.229 e. The molecule has 3 aliphatic rings. The van der Waals surface area contributed by atoms with Crippen molar-refractivity contribution in [3.8, 4) is 5.69 Å². The van der Waals surface area contributed by atoms with Crippen molar-refractivity contribution < 1.29 is 9.59 Å². The number of hydrogen-bond donors (Lipinski definition) is 0. The normalized spacial score (nSPS) is 22.6. The number of halogens is 1. The van der Waals surface area contributed by atoms with E-state index in [2.05, 4.69) is 74.4 Å². The fraction of sp³-hybridized carbons (Fsp3) is 0.469. The zero-order chi connectivity index (χ0) is 26.8. The molecular formula is C32H40ClN5O2. The smallest absolute Gasteiger partial charge is 0.229 e. The molecule has 4 heterocycles. The van der Waals surface area contributed by atoms with Crippen molar-refractivity contribution in [1.82, 2.24) is 24.5 Å². The van der Waals surface area contributed by atoms with Gasteiger partial charge in [-0.3, -0.25) is 9.59 Å². The van der Waals surface area contributed by atoms with Gasteiger partial charge in [-0.2, -0.15) is 5.10 Å². The predicted octanol–water partition coefficient (Wildman–Crippen LogP) is 4.76. The first-order valence-electron chi connectivity index (χ1n) is 14.5. The van der Waals surface area contributed by atoms with E-state index in [1.54, 1.807) is 6.20 Å². The minimum absolute atomic E-state index is 0. The van der Waals surface area contributed by atoms with E-state index in [0.717, 1.165) is 69.8 Å². The Kier molecular flexibility index (Phi) is 8.62. The number of carbonyl (C=O) groups is 2. The fourth-order valence-electron chi connectivity index (χ4n) is 6.96. The average molecular weight is 562 g/mol. The van der Waals surface area contributed by atoms with Gasteiger partial charge in [-0.25, -0.2) is 4.68 Å². The second kappa shape index (κ2) is 12.1. The number of aromatic nitrogens is 2. The summed E-state index contributed by atoms with van der Waals surface area (Å²) in [6.07, 6.45) is 7.10. The molecule has 1 aromatic heterocycles. The van der Waals surface area contributed by atoms with Crippen molar-refractivity contribution in [2.24, 2.45) is 11.3 Å². The van der Waals surface area contributed by atoms with E-state index in [4.69, 9.17) is 0 Å². The van der Waals surface area contributed by atoms with E-state index in [1.807, 2.05) is 23.9 Å². The summed E-state index contributed by atoms with van der Waals surface area (Å²) in [6.45, 7) is 8.02. The molecule has 0 N–H and O–H groups in total. The van der Waals surface area contributed by atoms with Gasteiger partial charge in [0.1, 0.15) is 0 Å². The van der Waals surface area contributed by atoms with Gasteiger partial charge < -0.3 is 14.7 Å². The van der Waals surface area contributed by atoms with E-state index in [9.17, 15) is 9.59 Å². The van der Waals surface area contributed by atoms with Crippen molar-refractivity contribution in [2.45, 2.75) is 45.1 Å². The highest BCUT2D eigenvalue weighted by molar-refractivity contribution is 5.85. The van der Waals surface area contributed by atoms with Crippen molar-refractivity contribution in [3.63, 3.8) is 0 Å². The van der Waals surface area contributed by atoms with Crippen LogP contribution in [0, 0.1) is 11.3 Å². The molecule has 0 saturated carbocycles. The number of benzene rings is 2. The Morgan fingerprint density at radius 3 is 2.35 bits per heavy atom. The van der Waals surface area contributed by atoms with Crippen LogP contribution in [-0.4, -0.2) is 75.6 Å². The Hall–Kier alpha value is -3.16. The molecule has 3 aliphatic heterocycles. The molecule has 212 valence electrons. The van der Waals surface area contributed by atoms with Crippen LogP contribution in [0.1, 0.15) is 49.7 Å². The van der Waals surface area contributed by atoms with Crippen molar-refractivity contribution in [3.05, 3.63) is 84.2 Å². The Morgan fingerprint density at radius 2 is 1.68 bits per heavy atom. The highest BCUT2D eigenvalue weighted by Gasteiger charge is 2.48. The first-order valence-corrected chi connectivity index (χ1v) is 14.5. The van der Waals surface area contributed by atoms with Crippen LogP contribution in [0.2, 0.25) is 0 Å². The molecule has 2 amide bonds. The average Bonchev–Trinajstić information content (AvgIpc) is 3.73. The van der Waals surface area contributed by atoms with Crippen molar-refractivity contribution in [2.75, 3.05) is 39.3 Å². The van der Waals surface area contributed by atoms with Gasteiger partial charge in [0.15, 0.2) is 0 Å². The third-order valence-electron chi connectivity index (χ3n) is 9.31. The van der Waals surface area contributed by atoms with Crippen molar-refractivity contribution >= 4 is 24.2 Å². The number of amides is 2. The van der Waals surface area contributed by atoms with Gasteiger partial charge in [0.25, 0.3) is 0 Å². The van der Waals surface area contributed by atoms with Crippen LogP contribution in [0.25, 0.3) is 5.69 Å². The molecule has 1 unspecified atom stereocenters. The number of piperidine rings is 1. The van der Waals surface area contributed by atoms with Gasteiger partial charge in [-0.15, -0.1) is 12.4 Å². The molecule has 0 radical (unpaired) electrons. The summed E-state index contributed by atoms with van der Waals surface area (Å²) in [5, 5.41) is 4.29. The number of hydrogen-bond acceptors (Lipinski definition) is 4. The summed E-state index contributed by atoms with van der Waals surface area (Å²) in [5.41, 5.74) is 3.32. The maximum atomic E-state index is 13.6. The van der Waals surface area contributed by atoms with Crippen LogP contribution in [-0.2, 0) is 16.1 Å². The largest absolute Gasteiger partial charge is 0.342 e. The predicted molar refractivity (Wildman–Crippen MR) is 158 cm³/mol. The molecule has 0 bridgehead atoms. The number of likely N-dealkylation sites (tertiary alicyclic amines) is 3. The molecule has 3 fully saturated rings. The Balaban J connectivity index is 0.00000323. The number of nitrogens with zero attached hydrogens (tertiary/aromatic N) is 5. The van der Waals surface area contributed by atoms with Crippen LogP contribution >= 0.6 is 12.4 Å². The fourth-order valence-corrected chi connectivity index (χ4v) is 6.96. The Bertz CT molecular complexity index is 1270. The molecule has 2 atom stereocenters. The monoisotopic (exact) mass is 561 g/mol. The molecule has 8 heteroatoms. The highest BCUT2D eigenvalue weighted by Crippen LogP contribution is 2.43. The zero-order valence-corrected chi connectivity index (χ0v) is 24.1. The van der Waals surface area contributed by atoms with Crippen LogP contribution in [0.15, 0.2) is 73.1 Å². The lowest BCUT2D eigenvalue weighted by atomic mass is 9.76. The molecule has 0 aliphatic carbocycles.